The standard InChI is InChI=1S/C13H18N2O2S/c1-2-5-14-7-13-15-11(10-18-13)8-16-9-12-4-3-6-17-12/h3-4,6,10,14H,2,5,7-9H2,1H3. The van der Waals surface area contributed by atoms with E-state index < -0.39 is 0 Å². The van der Waals surface area contributed by atoms with Crippen LogP contribution < -0.4 is 5.32 Å². The highest BCUT2D eigenvalue weighted by atomic mass is 32.1. The smallest absolute Gasteiger partial charge is 0.129 e. The van der Waals surface area contributed by atoms with E-state index in [1.165, 1.54) is 0 Å². The molecule has 0 aromatic carbocycles. The molecule has 0 aliphatic heterocycles. The first-order valence-corrected chi connectivity index (χ1v) is 7.00. The van der Waals surface area contributed by atoms with Gasteiger partial charge in [0.15, 0.2) is 0 Å². The molecule has 0 saturated heterocycles. The summed E-state index contributed by atoms with van der Waals surface area (Å²) in [6.07, 6.45) is 2.80. The Morgan fingerprint density at radius 1 is 1.44 bits per heavy atom. The molecular weight excluding hydrogens is 248 g/mol. The third-order valence-electron chi connectivity index (χ3n) is 2.38. The van der Waals surface area contributed by atoms with Gasteiger partial charge >= 0.3 is 0 Å². The largest absolute Gasteiger partial charge is 0.467 e. The van der Waals surface area contributed by atoms with E-state index in [0.29, 0.717) is 13.2 Å². The van der Waals surface area contributed by atoms with Gasteiger partial charge in [-0.3, -0.25) is 0 Å². The molecule has 0 aliphatic rings. The molecule has 0 atom stereocenters. The second-order valence-electron chi connectivity index (χ2n) is 3.98. The molecule has 0 spiro atoms. The van der Waals surface area contributed by atoms with E-state index in [9.17, 15) is 0 Å². The van der Waals surface area contributed by atoms with Crippen LogP contribution in [0.15, 0.2) is 28.2 Å². The Morgan fingerprint density at radius 2 is 2.39 bits per heavy atom. The van der Waals surface area contributed by atoms with Gasteiger partial charge in [0, 0.05) is 11.9 Å². The molecule has 2 aromatic rings. The van der Waals surface area contributed by atoms with E-state index in [4.69, 9.17) is 9.15 Å². The van der Waals surface area contributed by atoms with Gasteiger partial charge in [-0.2, -0.15) is 0 Å². The summed E-state index contributed by atoms with van der Waals surface area (Å²) in [7, 11) is 0. The summed E-state index contributed by atoms with van der Waals surface area (Å²) in [6, 6.07) is 3.76. The molecule has 0 unspecified atom stereocenters. The van der Waals surface area contributed by atoms with Gasteiger partial charge in [-0.1, -0.05) is 6.92 Å². The Kier molecular flexibility index (Phi) is 5.38. The summed E-state index contributed by atoms with van der Waals surface area (Å²) in [5.41, 5.74) is 0.986. The Hall–Kier alpha value is -1.17. The maximum atomic E-state index is 5.53. The van der Waals surface area contributed by atoms with E-state index in [1.54, 1.807) is 17.6 Å². The molecule has 18 heavy (non-hydrogen) atoms. The van der Waals surface area contributed by atoms with E-state index in [1.807, 2.05) is 17.5 Å². The molecule has 0 fully saturated rings. The minimum atomic E-state index is 0.494. The fourth-order valence-electron chi connectivity index (χ4n) is 1.52. The van der Waals surface area contributed by atoms with E-state index >= 15 is 0 Å². The van der Waals surface area contributed by atoms with Crippen molar-refractivity contribution in [2.45, 2.75) is 33.1 Å². The second kappa shape index (κ2) is 7.31. The molecule has 2 rings (SSSR count). The minimum Gasteiger partial charge on any atom is -0.467 e. The van der Waals surface area contributed by atoms with Gasteiger partial charge in [0.2, 0.25) is 0 Å². The number of nitrogens with zero attached hydrogens (tertiary/aromatic N) is 1. The quantitative estimate of drug-likeness (QED) is 0.746. The Balaban J connectivity index is 1.69. The van der Waals surface area contributed by atoms with Crippen molar-refractivity contribution in [2.75, 3.05) is 6.54 Å². The molecule has 4 nitrogen and oxygen atoms in total. The fourth-order valence-corrected chi connectivity index (χ4v) is 2.27. The lowest BCUT2D eigenvalue weighted by atomic mass is 10.4. The zero-order valence-electron chi connectivity index (χ0n) is 10.5. The van der Waals surface area contributed by atoms with E-state index in [-0.39, 0.29) is 0 Å². The van der Waals surface area contributed by atoms with Crippen LogP contribution in [0.5, 0.6) is 0 Å². The summed E-state index contributed by atoms with van der Waals surface area (Å²) in [5.74, 6) is 0.843. The fraction of sp³-hybridized carbons (Fsp3) is 0.462. The zero-order valence-corrected chi connectivity index (χ0v) is 11.3. The highest BCUT2D eigenvalue weighted by molar-refractivity contribution is 7.09. The third kappa shape index (κ3) is 4.25. The molecule has 98 valence electrons. The van der Waals surface area contributed by atoms with Crippen LogP contribution in [0.4, 0.5) is 0 Å². The summed E-state index contributed by atoms with van der Waals surface area (Å²) in [6.45, 7) is 5.06. The van der Waals surface area contributed by atoms with Crippen LogP contribution in [0.3, 0.4) is 0 Å². The normalized spacial score (nSPS) is 10.9. The van der Waals surface area contributed by atoms with Crippen molar-refractivity contribution in [3.05, 3.63) is 40.2 Å². The summed E-state index contributed by atoms with van der Waals surface area (Å²) >= 11 is 1.67. The van der Waals surface area contributed by atoms with Gasteiger partial charge in [-0.25, -0.2) is 4.98 Å². The van der Waals surface area contributed by atoms with Gasteiger partial charge in [0.25, 0.3) is 0 Å². The highest BCUT2D eigenvalue weighted by Crippen LogP contribution is 2.11. The van der Waals surface area contributed by atoms with E-state index in [0.717, 1.165) is 36.0 Å². The highest BCUT2D eigenvalue weighted by Gasteiger charge is 2.02. The molecule has 5 heteroatoms. The average molecular weight is 266 g/mol. The van der Waals surface area contributed by atoms with Crippen molar-refractivity contribution >= 4 is 11.3 Å². The van der Waals surface area contributed by atoms with Crippen LogP contribution in [-0.4, -0.2) is 11.5 Å². The number of hydrogen-bond acceptors (Lipinski definition) is 5. The first-order chi connectivity index (χ1) is 8.88. The molecule has 0 saturated carbocycles. The van der Waals surface area contributed by atoms with Crippen LogP contribution in [-0.2, 0) is 24.5 Å². The Labute approximate surface area is 111 Å². The van der Waals surface area contributed by atoms with Gasteiger partial charge < -0.3 is 14.5 Å². The van der Waals surface area contributed by atoms with Crippen LogP contribution >= 0.6 is 11.3 Å². The lowest BCUT2D eigenvalue weighted by Gasteiger charge is -1.99. The van der Waals surface area contributed by atoms with Crippen LogP contribution in [0.2, 0.25) is 0 Å². The van der Waals surface area contributed by atoms with Gasteiger partial charge in [-0.15, -0.1) is 11.3 Å². The summed E-state index contributed by atoms with van der Waals surface area (Å²) in [4.78, 5) is 4.50. The van der Waals surface area contributed by atoms with E-state index in [2.05, 4.69) is 17.2 Å². The topological polar surface area (TPSA) is 47.3 Å². The molecule has 2 heterocycles. The lowest BCUT2D eigenvalue weighted by molar-refractivity contribution is 0.0909. The molecule has 1 N–H and O–H groups in total. The predicted octanol–water partition coefficient (Wildman–Crippen LogP) is 2.95. The molecule has 2 aromatic heterocycles. The summed E-state index contributed by atoms with van der Waals surface area (Å²) < 4.78 is 10.7. The molecule has 0 amide bonds. The molecule has 0 radical (unpaired) electrons. The number of furan rings is 1. The van der Waals surface area contributed by atoms with Crippen molar-refractivity contribution in [2.24, 2.45) is 0 Å². The van der Waals surface area contributed by atoms with Crippen molar-refractivity contribution < 1.29 is 9.15 Å². The number of hydrogen-bond donors (Lipinski definition) is 1. The first-order valence-electron chi connectivity index (χ1n) is 6.12. The molecule has 0 aliphatic carbocycles. The average Bonchev–Trinajstić information content (AvgIpc) is 3.01. The SMILES string of the molecule is CCCNCc1nc(COCc2ccco2)cs1. The van der Waals surface area contributed by atoms with Crippen LogP contribution in [0.25, 0.3) is 0 Å². The van der Waals surface area contributed by atoms with Crippen molar-refractivity contribution in [3.63, 3.8) is 0 Å². The monoisotopic (exact) mass is 266 g/mol. The Morgan fingerprint density at radius 3 is 3.17 bits per heavy atom. The Bertz CT molecular complexity index is 440. The predicted molar refractivity (Wildman–Crippen MR) is 71.3 cm³/mol. The van der Waals surface area contributed by atoms with Gasteiger partial charge in [-0.05, 0) is 25.1 Å². The molecular formula is C13H18N2O2S. The van der Waals surface area contributed by atoms with Crippen molar-refractivity contribution in [1.29, 1.82) is 0 Å². The van der Waals surface area contributed by atoms with Gasteiger partial charge in [0.05, 0.1) is 18.6 Å². The number of rotatable bonds is 8. The van der Waals surface area contributed by atoms with Crippen LogP contribution in [0.1, 0.15) is 29.8 Å². The maximum Gasteiger partial charge on any atom is 0.129 e. The van der Waals surface area contributed by atoms with Crippen molar-refractivity contribution in [3.8, 4) is 0 Å². The maximum absolute atomic E-state index is 5.53. The number of aromatic nitrogens is 1. The number of thiazole rings is 1. The molecule has 0 bridgehead atoms. The third-order valence-corrected chi connectivity index (χ3v) is 3.27. The zero-order chi connectivity index (χ0) is 12.6. The number of ether oxygens (including phenoxy) is 1. The summed E-state index contributed by atoms with van der Waals surface area (Å²) in [5, 5.41) is 6.49. The minimum absolute atomic E-state index is 0.494. The van der Waals surface area contributed by atoms with Crippen molar-refractivity contribution in [1.82, 2.24) is 10.3 Å². The number of nitrogens with one attached hydrogen (secondary N) is 1. The van der Waals surface area contributed by atoms with Gasteiger partial charge in [0.1, 0.15) is 17.4 Å². The second-order valence-corrected chi connectivity index (χ2v) is 4.92. The van der Waals surface area contributed by atoms with Crippen LogP contribution in [0, 0.1) is 0 Å². The lowest BCUT2D eigenvalue weighted by Crippen LogP contribution is -2.13. The first kappa shape index (κ1) is 13.3.